The summed E-state index contributed by atoms with van der Waals surface area (Å²) in [6.07, 6.45) is 1.40. The number of aryl methyl sites for hydroxylation is 2. The van der Waals surface area contributed by atoms with Crippen molar-refractivity contribution in [1.82, 2.24) is 4.57 Å². The van der Waals surface area contributed by atoms with Gasteiger partial charge in [0.15, 0.2) is 0 Å². The summed E-state index contributed by atoms with van der Waals surface area (Å²) in [7, 11) is -2.28. The maximum atomic E-state index is 12.4. The Kier molecular flexibility index (Phi) is 3.97. The standard InChI is InChI=1S/C13H14ClN3O3S/c1-8-5-10(14)11(15)6-12(8)21(19,20)16-9-3-4-13(18)17(2)7-9/h3-7,16H,15H2,1-2H3. The fourth-order valence-corrected chi connectivity index (χ4v) is 3.35. The van der Waals surface area contributed by atoms with Crippen molar-refractivity contribution in [2.45, 2.75) is 11.8 Å². The molecular formula is C13H14ClN3O3S. The Bertz CT molecular complexity index is 859. The number of nitrogens with one attached hydrogen (secondary N) is 1. The quantitative estimate of drug-likeness (QED) is 0.839. The van der Waals surface area contributed by atoms with Gasteiger partial charge in [0.05, 0.1) is 21.3 Å². The highest BCUT2D eigenvalue weighted by atomic mass is 35.5. The minimum absolute atomic E-state index is 0.0400. The van der Waals surface area contributed by atoms with E-state index in [1.54, 1.807) is 6.92 Å². The predicted octanol–water partition coefficient (Wildman–Crippen LogP) is 1.73. The molecule has 0 saturated carbocycles. The fraction of sp³-hybridized carbons (Fsp3) is 0.154. The highest BCUT2D eigenvalue weighted by Crippen LogP contribution is 2.27. The molecule has 3 N–H and O–H groups in total. The smallest absolute Gasteiger partial charge is 0.262 e. The second kappa shape index (κ2) is 5.42. The van der Waals surface area contributed by atoms with E-state index in [0.29, 0.717) is 10.6 Å². The summed E-state index contributed by atoms with van der Waals surface area (Å²) >= 11 is 5.86. The Morgan fingerprint density at radius 2 is 1.95 bits per heavy atom. The molecule has 1 aromatic heterocycles. The normalized spacial score (nSPS) is 11.4. The number of nitrogen functional groups attached to an aromatic ring is 1. The third kappa shape index (κ3) is 3.20. The molecule has 2 aromatic rings. The largest absolute Gasteiger partial charge is 0.397 e. The average Bonchev–Trinajstić information content (AvgIpc) is 2.37. The number of hydrogen-bond donors (Lipinski definition) is 2. The van der Waals surface area contributed by atoms with Crippen LogP contribution >= 0.6 is 11.6 Å². The van der Waals surface area contributed by atoms with Crippen LogP contribution in [0.4, 0.5) is 11.4 Å². The minimum atomic E-state index is -3.82. The van der Waals surface area contributed by atoms with Gasteiger partial charge in [-0.05, 0) is 30.7 Å². The molecule has 0 atom stereocenters. The molecule has 8 heteroatoms. The molecule has 0 fully saturated rings. The molecule has 1 aromatic carbocycles. The monoisotopic (exact) mass is 327 g/mol. The summed E-state index contributed by atoms with van der Waals surface area (Å²) in [4.78, 5) is 11.3. The van der Waals surface area contributed by atoms with E-state index >= 15 is 0 Å². The molecule has 21 heavy (non-hydrogen) atoms. The first-order chi connectivity index (χ1) is 9.70. The van der Waals surface area contributed by atoms with Gasteiger partial charge in [0, 0.05) is 19.3 Å². The van der Waals surface area contributed by atoms with Gasteiger partial charge in [0.1, 0.15) is 0 Å². The van der Waals surface area contributed by atoms with Crippen molar-refractivity contribution in [1.29, 1.82) is 0 Å². The van der Waals surface area contributed by atoms with Crippen molar-refractivity contribution in [3.8, 4) is 0 Å². The lowest BCUT2D eigenvalue weighted by Gasteiger charge is -2.12. The van der Waals surface area contributed by atoms with Gasteiger partial charge < -0.3 is 10.3 Å². The van der Waals surface area contributed by atoms with E-state index < -0.39 is 10.0 Å². The fourth-order valence-electron chi connectivity index (χ4n) is 1.82. The number of anilines is 2. The highest BCUT2D eigenvalue weighted by Gasteiger charge is 2.18. The van der Waals surface area contributed by atoms with Crippen LogP contribution < -0.4 is 16.0 Å². The van der Waals surface area contributed by atoms with Crippen molar-refractivity contribution in [3.05, 3.63) is 51.4 Å². The molecule has 2 rings (SSSR count). The molecule has 0 spiro atoms. The number of halogens is 1. The molecule has 0 unspecified atom stereocenters. The van der Waals surface area contributed by atoms with Crippen molar-refractivity contribution < 1.29 is 8.42 Å². The van der Waals surface area contributed by atoms with Crippen LogP contribution in [0.3, 0.4) is 0 Å². The third-order valence-corrected chi connectivity index (χ3v) is 4.77. The third-order valence-electron chi connectivity index (χ3n) is 2.92. The summed E-state index contributed by atoms with van der Waals surface area (Å²) in [6, 6.07) is 5.48. The van der Waals surface area contributed by atoms with Gasteiger partial charge in [0.2, 0.25) is 5.56 Å². The molecular weight excluding hydrogens is 314 g/mol. The molecule has 0 aliphatic heterocycles. The number of benzene rings is 1. The van der Waals surface area contributed by atoms with Crippen molar-refractivity contribution in [2.24, 2.45) is 7.05 Å². The first-order valence-electron chi connectivity index (χ1n) is 5.96. The Balaban J connectivity index is 2.45. The lowest BCUT2D eigenvalue weighted by Crippen LogP contribution is -2.19. The Morgan fingerprint density at radius 3 is 2.57 bits per heavy atom. The first kappa shape index (κ1) is 15.4. The van der Waals surface area contributed by atoms with Gasteiger partial charge in [-0.15, -0.1) is 0 Å². The minimum Gasteiger partial charge on any atom is -0.397 e. The van der Waals surface area contributed by atoms with Crippen LogP contribution in [0.5, 0.6) is 0 Å². The SMILES string of the molecule is Cc1cc(Cl)c(N)cc1S(=O)(=O)Nc1ccc(=O)n(C)c1. The van der Waals surface area contributed by atoms with Gasteiger partial charge >= 0.3 is 0 Å². The zero-order chi connectivity index (χ0) is 15.8. The Labute approximate surface area is 127 Å². The molecule has 0 bridgehead atoms. The number of sulfonamides is 1. The Hall–Kier alpha value is -1.99. The van der Waals surface area contributed by atoms with Gasteiger partial charge in [-0.1, -0.05) is 11.6 Å². The van der Waals surface area contributed by atoms with Crippen LogP contribution in [0, 0.1) is 6.92 Å². The van der Waals surface area contributed by atoms with Gasteiger partial charge in [0.25, 0.3) is 10.0 Å². The molecule has 112 valence electrons. The van der Waals surface area contributed by atoms with E-state index in [4.69, 9.17) is 17.3 Å². The number of aromatic nitrogens is 1. The van der Waals surface area contributed by atoms with Crippen molar-refractivity contribution in [2.75, 3.05) is 10.5 Å². The second-order valence-corrected chi connectivity index (χ2v) is 6.67. The van der Waals surface area contributed by atoms with E-state index in [2.05, 4.69) is 4.72 Å². The molecule has 0 aliphatic rings. The number of pyridine rings is 1. The number of nitrogens with two attached hydrogens (primary N) is 1. The summed E-state index contributed by atoms with van der Waals surface area (Å²) in [5.74, 6) is 0. The maximum absolute atomic E-state index is 12.4. The van der Waals surface area contributed by atoms with Crippen LogP contribution in [-0.2, 0) is 17.1 Å². The maximum Gasteiger partial charge on any atom is 0.262 e. The summed E-state index contributed by atoms with van der Waals surface area (Å²) < 4.78 is 28.5. The first-order valence-corrected chi connectivity index (χ1v) is 7.82. The highest BCUT2D eigenvalue weighted by molar-refractivity contribution is 7.92. The van der Waals surface area contributed by atoms with Crippen LogP contribution in [0.2, 0.25) is 5.02 Å². The lowest BCUT2D eigenvalue weighted by atomic mass is 10.2. The summed E-state index contributed by atoms with van der Waals surface area (Å²) in [5.41, 5.74) is 6.37. The number of nitrogens with zero attached hydrogens (tertiary/aromatic N) is 1. The molecule has 0 radical (unpaired) electrons. The molecule has 0 aliphatic carbocycles. The van der Waals surface area contributed by atoms with Crippen molar-refractivity contribution >= 4 is 33.0 Å². The molecule has 6 nitrogen and oxygen atoms in total. The zero-order valence-corrected chi connectivity index (χ0v) is 13.0. The average molecular weight is 328 g/mol. The second-order valence-electron chi connectivity index (χ2n) is 4.61. The van der Waals surface area contributed by atoms with Gasteiger partial charge in [-0.3, -0.25) is 9.52 Å². The van der Waals surface area contributed by atoms with E-state index in [0.717, 1.165) is 0 Å². The van der Waals surface area contributed by atoms with Crippen LogP contribution in [0.25, 0.3) is 0 Å². The van der Waals surface area contributed by atoms with Crippen LogP contribution in [0.1, 0.15) is 5.56 Å². The summed E-state index contributed by atoms with van der Waals surface area (Å²) in [5, 5.41) is 0.300. The zero-order valence-electron chi connectivity index (χ0n) is 11.4. The van der Waals surface area contributed by atoms with E-state index in [1.165, 1.54) is 42.1 Å². The predicted molar refractivity (Wildman–Crippen MR) is 83.1 cm³/mol. The van der Waals surface area contributed by atoms with Gasteiger partial charge in [-0.25, -0.2) is 8.42 Å². The molecule has 0 saturated heterocycles. The van der Waals surface area contributed by atoms with E-state index in [9.17, 15) is 13.2 Å². The van der Waals surface area contributed by atoms with E-state index in [1.807, 2.05) is 0 Å². The van der Waals surface area contributed by atoms with Crippen LogP contribution in [-0.4, -0.2) is 13.0 Å². The Morgan fingerprint density at radius 1 is 1.29 bits per heavy atom. The van der Waals surface area contributed by atoms with Crippen LogP contribution in [0.15, 0.2) is 40.2 Å². The molecule has 0 amide bonds. The van der Waals surface area contributed by atoms with E-state index in [-0.39, 0.29) is 21.8 Å². The number of rotatable bonds is 3. The van der Waals surface area contributed by atoms with Crippen molar-refractivity contribution in [3.63, 3.8) is 0 Å². The molecule has 1 heterocycles. The van der Waals surface area contributed by atoms with Gasteiger partial charge in [-0.2, -0.15) is 0 Å². The number of hydrogen-bond acceptors (Lipinski definition) is 4. The topological polar surface area (TPSA) is 94.2 Å². The lowest BCUT2D eigenvalue weighted by molar-refractivity contribution is 0.600. The summed E-state index contributed by atoms with van der Waals surface area (Å²) in [6.45, 7) is 1.63.